The first-order chi connectivity index (χ1) is 10.0. The summed E-state index contributed by atoms with van der Waals surface area (Å²) < 4.78 is 6.85. The number of rotatable bonds is 5. The van der Waals surface area contributed by atoms with Gasteiger partial charge in [0.15, 0.2) is 0 Å². The maximum absolute atomic E-state index is 12.2. The number of hydrogen-bond donors (Lipinski definition) is 2. The topological polar surface area (TPSA) is 82.2 Å². The number of nitrogens with zero attached hydrogens (tertiary/aromatic N) is 2. The highest BCUT2D eigenvalue weighted by Crippen LogP contribution is 2.17. The van der Waals surface area contributed by atoms with Gasteiger partial charge in [-0.2, -0.15) is 5.10 Å². The summed E-state index contributed by atoms with van der Waals surface area (Å²) in [6.07, 6.45) is 1.52. The molecule has 110 valence electrons. The zero-order chi connectivity index (χ0) is 15.4. The summed E-state index contributed by atoms with van der Waals surface area (Å²) in [7, 11) is 1.70. The fraction of sp³-hybridized carbons (Fsp3) is 0.214. The van der Waals surface area contributed by atoms with Crippen molar-refractivity contribution >= 4 is 28.9 Å². The maximum atomic E-state index is 12.2. The summed E-state index contributed by atoms with van der Waals surface area (Å²) in [6, 6.07) is 6.88. The lowest BCUT2D eigenvalue weighted by molar-refractivity contribution is 0.102. The number of benzene rings is 1. The first-order valence-electron chi connectivity index (χ1n) is 6.39. The van der Waals surface area contributed by atoms with E-state index in [1.807, 2.05) is 6.92 Å². The average Bonchev–Trinajstić information content (AvgIpc) is 2.81. The molecule has 1 amide bonds. The molecule has 2 rings (SSSR count). The molecule has 1 aromatic heterocycles. The summed E-state index contributed by atoms with van der Waals surface area (Å²) in [5.41, 5.74) is 6.65. The molecule has 0 aliphatic carbocycles. The zero-order valence-corrected chi connectivity index (χ0v) is 12.6. The summed E-state index contributed by atoms with van der Waals surface area (Å²) >= 11 is 4.94. The predicted octanol–water partition coefficient (Wildman–Crippen LogP) is 1.71. The molecule has 0 saturated carbocycles. The van der Waals surface area contributed by atoms with Crippen LogP contribution in [0.1, 0.15) is 22.8 Å². The minimum atomic E-state index is -0.265. The van der Waals surface area contributed by atoms with Crippen LogP contribution in [0.2, 0.25) is 0 Å². The summed E-state index contributed by atoms with van der Waals surface area (Å²) in [5, 5.41) is 6.80. The number of ether oxygens (including phenoxy) is 1. The van der Waals surface area contributed by atoms with Crippen molar-refractivity contribution < 1.29 is 9.53 Å². The molecule has 0 unspecified atom stereocenters. The van der Waals surface area contributed by atoms with Crippen LogP contribution in [0.5, 0.6) is 5.75 Å². The molecule has 1 aromatic carbocycles. The van der Waals surface area contributed by atoms with Gasteiger partial charge >= 0.3 is 0 Å². The number of aromatic nitrogens is 2. The molecule has 1 heterocycles. The van der Waals surface area contributed by atoms with Gasteiger partial charge in [0.2, 0.25) is 0 Å². The Labute approximate surface area is 127 Å². The Balaban J connectivity index is 2.18. The van der Waals surface area contributed by atoms with E-state index in [1.165, 1.54) is 10.9 Å². The highest BCUT2D eigenvalue weighted by molar-refractivity contribution is 7.80. The van der Waals surface area contributed by atoms with Crippen molar-refractivity contribution in [2.75, 3.05) is 11.9 Å². The van der Waals surface area contributed by atoms with E-state index in [-0.39, 0.29) is 10.9 Å². The molecule has 21 heavy (non-hydrogen) atoms. The molecule has 0 radical (unpaired) electrons. The normalized spacial score (nSPS) is 10.2. The zero-order valence-electron chi connectivity index (χ0n) is 11.8. The summed E-state index contributed by atoms with van der Waals surface area (Å²) in [5.74, 6) is 0.930. The van der Waals surface area contributed by atoms with Gasteiger partial charge in [-0.25, -0.2) is 0 Å². The van der Waals surface area contributed by atoms with Crippen molar-refractivity contribution in [3.63, 3.8) is 0 Å². The molecule has 0 aliphatic rings. The molecule has 0 fully saturated rings. The van der Waals surface area contributed by atoms with E-state index in [4.69, 9.17) is 22.7 Å². The van der Waals surface area contributed by atoms with Crippen LogP contribution in [0.3, 0.4) is 0 Å². The highest BCUT2D eigenvalue weighted by Gasteiger charge is 2.15. The molecule has 7 heteroatoms. The monoisotopic (exact) mass is 304 g/mol. The SMILES string of the molecule is CCOc1ccc(C(=O)Nc2c(C(N)=S)cnn2C)cc1. The lowest BCUT2D eigenvalue weighted by Gasteiger charge is -2.08. The van der Waals surface area contributed by atoms with E-state index in [0.29, 0.717) is 23.6 Å². The summed E-state index contributed by atoms with van der Waals surface area (Å²) in [4.78, 5) is 12.4. The van der Waals surface area contributed by atoms with Gasteiger partial charge in [-0.1, -0.05) is 12.2 Å². The number of carbonyl (C=O) groups is 1. The number of nitrogens with one attached hydrogen (secondary N) is 1. The van der Waals surface area contributed by atoms with Crippen LogP contribution in [-0.2, 0) is 7.05 Å². The van der Waals surface area contributed by atoms with Crippen molar-refractivity contribution in [3.8, 4) is 5.75 Å². The molecular weight excluding hydrogens is 288 g/mol. The molecule has 0 spiro atoms. The molecule has 2 aromatic rings. The van der Waals surface area contributed by atoms with Gasteiger partial charge in [-0.05, 0) is 31.2 Å². The molecule has 6 nitrogen and oxygen atoms in total. The Morgan fingerprint density at radius 2 is 2.10 bits per heavy atom. The van der Waals surface area contributed by atoms with Crippen molar-refractivity contribution in [3.05, 3.63) is 41.6 Å². The van der Waals surface area contributed by atoms with Crippen LogP contribution < -0.4 is 15.8 Å². The number of anilines is 1. The third-order valence-corrected chi connectivity index (χ3v) is 3.08. The van der Waals surface area contributed by atoms with Crippen LogP contribution in [0, 0.1) is 0 Å². The van der Waals surface area contributed by atoms with Gasteiger partial charge in [0.1, 0.15) is 16.6 Å². The highest BCUT2D eigenvalue weighted by atomic mass is 32.1. The second-order valence-electron chi connectivity index (χ2n) is 4.31. The first-order valence-corrected chi connectivity index (χ1v) is 6.79. The van der Waals surface area contributed by atoms with Gasteiger partial charge in [-0.3, -0.25) is 9.48 Å². The van der Waals surface area contributed by atoms with Gasteiger partial charge in [0.05, 0.1) is 18.4 Å². The Kier molecular flexibility index (Phi) is 4.54. The quantitative estimate of drug-likeness (QED) is 0.822. The molecule has 0 aliphatic heterocycles. The van der Waals surface area contributed by atoms with Crippen LogP contribution in [0.4, 0.5) is 5.82 Å². The lowest BCUT2D eigenvalue weighted by atomic mass is 10.2. The fourth-order valence-electron chi connectivity index (χ4n) is 1.81. The fourth-order valence-corrected chi connectivity index (χ4v) is 1.96. The largest absolute Gasteiger partial charge is 0.494 e. The predicted molar refractivity (Wildman–Crippen MR) is 84.7 cm³/mol. The Morgan fingerprint density at radius 3 is 2.67 bits per heavy atom. The Hall–Kier alpha value is -2.41. The molecular formula is C14H16N4O2S. The Morgan fingerprint density at radius 1 is 1.43 bits per heavy atom. The lowest BCUT2D eigenvalue weighted by Crippen LogP contribution is -2.18. The number of amides is 1. The van der Waals surface area contributed by atoms with Crippen LogP contribution in [0.25, 0.3) is 0 Å². The van der Waals surface area contributed by atoms with E-state index in [0.717, 1.165) is 5.75 Å². The van der Waals surface area contributed by atoms with Crippen molar-refractivity contribution in [1.29, 1.82) is 0 Å². The van der Waals surface area contributed by atoms with Gasteiger partial charge in [0.25, 0.3) is 5.91 Å². The average molecular weight is 304 g/mol. The summed E-state index contributed by atoms with van der Waals surface area (Å²) in [6.45, 7) is 2.48. The molecule has 0 bridgehead atoms. The minimum Gasteiger partial charge on any atom is -0.494 e. The van der Waals surface area contributed by atoms with Crippen molar-refractivity contribution in [2.45, 2.75) is 6.92 Å². The van der Waals surface area contributed by atoms with Gasteiger partial charge in [0, 0.05) is 12.6 Å². The van der Waals surface area contributed by atoms with E-state index in [9.17, 15) is 4.79 Å². The Bertz CT molecular complexity index is 664. The van der Waals surface area contributed by atoms with E-state index in [2.05, 4.69) is 10.4 Å². The second kappa shape index (κ2) is 6.36. The third-order valence-electron chi connectivity index (χ3n) is 2.86. The van der Waals surface area contributed by atoms with Gasteiger partial charge < -0.3 is 15.8 Å². The molecule has 0 atom stereocenters. The van der Waals surface area contributed by atoms with Crippen LogP contribution in [-0.4, -0.2) is 27.3 Å². The molecule has 0 saturated heterocycles. The van der Waals surface area contributed by atoms with Crippen molar-refractivity contribution in [1.82, 2.24) is 9.78 Å². The first kappa shape index (κ1) is 15.0. The smallest absolute Gasteiger partial charge is 0.256 e. The number of thiocarbonyl (C=S) groups is 1. The van der Waals surface area contributed by atoms with Crippen LogP contribution >= 0.6 is 12.2 Å². The maximum Gasteiger partial charge on any atom is 0.256 e. The third kappa shape index (κ3) is 3.38. The van der Waals surface area contributed by atoms with Gasteiger partial charge in [-0.15, -0.1) is 0 Å². The second-order valence-corrected chi connectivity index (χ2v) is 4.75. The van der Waals surface area contributed by atoms with Crippen molar-refractivity contribution in [2.24, 2.45) is 12.8 Å². The van der Waals surface area contributed by atoms with Crippen LogP contribution in [0.15, 0.2) is 30.5 Å². The minimum absolute atomic E-state index is 0.185. The number of carbonyl (C=O) groups excluding carboxylic acids is 1. The molecule has 3 N–H and O–H groups in total. The van der Waals surface area contributed by atoms with E-state index >= 15 is 0 Å². The standard InChI is InChI=1S/C14H16N4O2S/c1-3-20-10-6-4-9(5-7-10)14(19)17-13-11(12(15)21)8-16-18(13)2/h4-8H,3H2,1-2H3,(H2,15,21)(H,17,19). The number of nitrogens with two attached hydrogens (primary N) is 1. The van der Waals surface area contributed by atoms with E-state index < -0.39 is 0 Å². The van der Waals surface area contributed by atoms with E-state index in [1.54, 1.807) is 31.3 Å². The number of aryl methyl sites for hydroxylation is 1. The number of hydrogen-bond acceptors (Lipinski definition) is 4.